The Morgan fingerprint density at radius 2 is 1.58 bits per heavy atom. The Morgan fingerprint density at radius 1 is 0.846 bits per heavy atom. The van der Waals surface area contributed by atoms with Gasteiger partial charge in [0.1, 0.15) is 5.75 Å². The van der Waals surface area contributed by atoms with E-state index in [0.717, 1.165) is 22.3 Å². The lowest BCUT2D eigenvalue weighted by molar-refractivity contribution is 0.473. The minimum atomic E-state index is 0.0886. The van der Waals surface area contributed by atoms with E-state index in [1.165, 1.54) is 5.56 Å². The first-order valence-electron chi connectivity index (χ1n) is 8.69. The van der Waals surface area contributed by atoms with Crippen LogP contribution in [0.3, 0.4) is 0 Å². The number of hydrogen-bond donors (Lipinski definition) is 1. The summed E-state index contributed by atoms with van der Waals surface area (Å²) in [4.78, 5) is 9.53. The normalized spacial score (nSPS) is 16.3. The van der Waals surface area contributed by atoms with Crippen LogP contribution in [0.15, 0.2) is 83.9 Å². The quantitative estimate of drug-likeness (QED) is 0.567. The highest BCUT2D eigenvalue weighted by Gasteiger charge is 2.28. The number of para-hydroxylation sites is 3. The monoisotopic (exact) mass is 339 g/mol. The Balaban J connectivity index is 1.76. The molecule has 0 aliphatic carbocycles. The maximum Gasteiger partial charge on any atom is 0.231 e. The van der Waals surface area contributed by atoms with E-state index in [0.29, 0.717) is 12.4 Å². The van der Waals surface area contributed by atoms with Crippen molar-refractivity contribution in [3.05, 3.63) is 90.0 Å². The number of fused-ring (bicyclic) bond motifs is 3. The van der Waals surface area contributed by atoms with E-state index >= 15 is 0 Å². The molecule has 2 heterocycles. The number of rotatable bonds is 2. The van der Waals surface area contributed by atoms with Crippen molar-refractivity contribution in [3.8, 4) is 5.75 Å². The first-order chi connectivity index (χ1) is 12.8. The smallest absolute Gasteiger partial charge is 0.231 e. The van der Waals surface area contributed by atoms with Crippen molar-refractivity contribution in [1.29, 1.82) is 0 Å². The summed E-state index contributed by atoms with van der Waals surface area (Å²) in [5.74, 6) is 0.937. The summed E-state index contributed by atoms with van der Waals surface area (Å²) < 4.78 is 2.20. The van der Waals surface area contributed by atoms with E-state index in [4.69, 9.17) is 9.98 Å². The lowest BCUT2D eigenvalue weighted by Gasteiger charge is -2.26. The minimum absolute atomic E-state index is 0.0886. The van der Waals surface area contributed by atoms with Gasteiger partial charge in [-0.1, -0.05) is 54.6 Å². The molecule has 5 rings (SSSR count). The fourth-order valence-corrected chi connectivity index (χ4v) is 3.69. The zero-order chi connectivity index (χ0) is 17.5. The van der Waals surface area contributed by atoms with Crippen LogP contribution in [0.2, 0.25) is 0 Å². The summed E-state index contributed by atoms with van der Waals surface area (Å²) in [5.41, 5.74) is 4.85. The van der Waals surface area contributed by atoms with Gasteiger partial charge >= 0.3 is 0 Å². The third-order valence-electron chi connectivity index (χ3n) is 4.91. The molecule has 0 amide bonds. The van der Waals surface area contributed by atoms with E-state index in [-0.39, 0.29) is 11.8 Å². The SMILES string of the molecule is Oc1ccccc1C1=Nc2nc3ccccc3n2[C@H](c2ccccc2)C1. The molecule has 0 radical (unpaired) electrons. The van der Waals surface area contributed by atoms with Crippen LogP contribution >= 0.6 is 0 Å². The number of aliphatic imine (C=N–C) groups is 1. The van der Waals surface area contributed by atoms with Crippen LogP contribution in [-0.4, -0.2) is 20.4 Å². The Hall–Kier alpha value is -3.40. The molecule has 3 aromatic carbocycles. The lowest BCUT2D eigenvalue weighted by atomic mass is 9.95. The molecule has 4 aromatic rings. The zero-order valence-corrected chi connectivity index (χ0v) is 14.1. The van der Waals surface area contributed by atoms with Crippen molar-refractivity contribution in [2.75, 3.05) is 0 Å². The van der Waals surface area contributed by atoms with E-state index < -0.39 is 0 Å². The Labute approximate surface area is 151 Å². The van der Waals surface area contributed by atoms with Crippen LogP contribution in [0.1, 0.15) is 23.6 Å². The molecule has 1 N–H and O–H groups in total. The van der Waals surface area contributed by atoms with Crippen molar-refractivity contribution in [3.63, 3.8) is 0 Å². The molecule has 0 unspecified atom stereocenters. The fourth-order valence-electron chi connectivity index (χ4n) is 3.69. The van der Waals surface area contributed by atoms with Crippen LogP contribution < -0.4 is 0 Å². The van der Waals surface area contributed by atoms with Gasteiger partial charge in [-0.15, -0.1) is 0 Å². The number of phenols is 1. The van der Waals surface area contributed by atoms with E-state index in [1.54, 1.807) is 6.07 Å². The second-order valence-corrected chi connectivity index (χ2v) is 6.48. The predicted octanol–water partition coefficient (Wildman–Crippen LogP) is 4.86. The Bertz CT molecular complexity index is 1130. The van der Waals surface area contributed by atoms with Gasteiger partial charge in [0, 0.05) is 12.0 Å². The maximum atomic E-state index is 10.3. The van der Waals surface area contributed by atoms with E-state index in [2.05, 4.69) is 34.9 Å². The third-order valence-corrected chi connectivity index (χ3v) is 4.91. The van der Waals surface area contributed by atoms with Gasteiger partial charge in [-0.2, -0.15) is 0 Å². The molecule has 1 aromatic heterocycles. The first-order valence-corrected chi connectivity index (χ1v) is 8.69. The van der Waals surface area contributed by atoms with Gasteiger partial charge in [-0.3, -0.25) is 0 Å². The first kappa shape index (κ1) is 14.9. The van der Waals surface area contributed by atoms with Crippen molar-refractivity contribution in [2.24, 2.45) is 4.99 Å². The number of nitrogens with zero attached hydrogens (tertiary/aromatic N) is 3. The molecule has 4 heteroatoms. The van der Waals surface area contributed by atoms with Gasteiger partial charge in [-0.05, 0) is 29.8 Å². The third kappa shape index (κ3) is 2.30. The highest BCUT2D eigenvalue weighted by Crippen LogP contribution is 2.38. The summed E-state index contributed by atoms with van der Waals surface area (Å²) in [6, 6.07) is 26.0. The minimum Gasteiger partial charge on any atom is -0.507 e. The standard InChI is InChI=1S/C22H17N3O/c26-21-13-7-4-10-16(21)18-14-20(15-8-2-1-3-9-15)25-19-12-6-5-11-17(19)23-22(25)24-18/h1-13,20,26H,14H2/t20-/m0/s1. The van der Waals surface area contributed by atoms with Crippen LogP contribution in [0.5, 0.6) is 5.75 Å². The number of hydrogen-bond acceptors (Lipinski definition) is 3. The molecule has 0 saturated heterocycles. The van der Waals surface area contributed by atoms with Gasteiger partial charge in [0.05, 0.1) is 22.8 Å². The molecule has 0 fully saturated rings. The highest BCUT2D eigenvalue weighted by molar-refractivity contribution is 6.05. The molecule has 4 nitrogen and oxygen atoms in total. The molecular weight excluding hydrogens is 322 g/mol. The number of imidazole rings is 1. The van der Waals surface area contributed by atoms with E-state index in [1.807, 2.05) is 42.5 Å². The lowest BCUT2D eigenvalue weighted by Crippen LogP contribution is -2.20. The summed E-state index contributed by atoms with van der Waals surface area (Å²) in [5, 5.41) is 10.3. The van der Waals surface area contributed by atoms with Crippen molar-refractivity contribution < 1.29 is 5.11 Å². The van der Waals surface area contributed by atoms with Gasteiger partial charge in [0.2, 0.25) is 5.95 Å². The van der Waals surface area contributed by atoms with E-state index in [9.17, 15) is 5.11 Å². The van der Waals surface area contributed by atoms with Crippen LogP contribution in [0.25, 0.3) is 11.0 Å². The van der Waals surface area contributed by atoms with Gasteiger partial charge in [-0.25, -0.2) is 9.98 Å². The second kappa shape index (κ2) is 5.85. The number of aromatic hydroxyl groups is 1. The summed E-state index contributed by atoms with van der Waals surface area (Å²) in [6.07, 6.45) is 0.703. The van der Waals surface area contributed by atoms with Crippen LogP contribution in [0.4, 0.5) is 5.95 Å². The maximum absolute atomic E-state index is 10.3. The largest absolute Gasteiger partial charge is 0.507 e. The average molecular weight is 339 g/mol. The topological polar surface area (TPSA) is 50.4 Å². The van der Waals surface area contributed by atoms with Crippen molar-refractivity contribution in [1.82, 2.24) is 9.55 Å². The van der Waals surface area contributed by atoms with Crippen LogP contribution in [-0.2, 0) is 0 Å². The van der Waals surface area contributed by atoms with Crippen molar-refractivity contribution >= 4 is 22.7 Å². The zero-order valence-electron chi connectivity index (χ0n) is 14.1. The molecule has 0 saturated carbocycles. The summed E-state index contributed by atoms with van der Waals surface area (Å²) in [7, 11) is 0. The molecule has 1 aliphatic rings. The van der Waals surface area contributed by atoms with Gasteiger partial charge in [0.25, 0.3) is 0 Å². The molecule has 26 heavy (non-hydrogen) atoms. The van der Waals surface area contributed by atoms with Crippen LogP contribution in [0, 0.1) is 0 Å². The number of aromatic nitrogens is 2. The second-order valence-electron chi connectivity index (χ2n) is 6.48. The molecule has 1 aliphatic heterocycles. The molecular formula is C22H17N3O. The molecule has 126 valence electrons. The molecule has 0 spiro atoms. The molecule has 1 atom stereocenters. The fraction of sp³-hybridized carbons (Fsp3) is 0.0909. The number of benzene rings is 3. The average Bonchev–Trinajstić information content (AvgIpc) is 3.07. The Morgan fingerprint density at radius 3 is 2.42 bits per heavy atom. The Kier molecular flexibility index (Phi) is 3.35. The molecule has 0 bridgehead atoms. The summed E-state index contributed by atoms with van der Waals surface area (Å²) in [6.45, 7) is 0. The predicted molar refractivity (Wildman–Crippen MR) is 103 cm³/mol. The summed E-state index contributed by atoms with van der Waals surface area (Å²) >= 11 is 0. The highest BCUT2D eigenvalue weighted by atomic mass is 16.3. The van der Waals surface area contributed by atoms with Gasteiger partial charge in [0.15, 0.2) is 0 Å². The number of phenolic OH excluding ortho intramolecular Hbond substituents is 1. The van der Waals surface area contributed by atoms with Gasteiger partial charge < -0.3 is 9.67 Å². The van der Waals surface area contributed by atoms with Crippen molar-refractivity contribution in [2.45, 2.75) is 12.5 Å².